The molecule has 2 saturated heterocycles. The SMILES string of the molecule is CCC1(C)CN(C(=O)NC[C@@]23CNC[C@]2(C(F)(F)F)C3)C1. The highest BCUT2D eigenvalue weighted by Crippen LogP contribution is 2.72. The number of carbonyl (C=O) groups excluding carboxylic acids is 1. The van der Waals surface area contributed by atoms with Crippen molar-refractivity contribution >= 4 is 6.03 Å². The number of rotatable bonds is 3. The van der Waals surface area contributed by atoms with Crippen molar-refractivity contribution in [1.29, 1.82) is 0 Å². The number of nitrogens with one attached hydrogen (secondary N) is 2. The van der Waals surface area contributed by atoms with Crippen LogP contribution in [-0.4, -0.2) is 49.8 Å². The van der Waals surface area contributed by atoms with E-state index in [0.717, 1.165) is 6.42 Å². The maximum absolute atomic E-state index is 13.2. The molecular weight excluding hydrogens is 283 g/mol. The van der Waals surface area contributed by atoms with Crippen LogP contribution in [0.4, 0.5) is 18.0 Å². The van der Waals surface area contributed by atoms with Crippen LogP contribution >= 0.6 is 0 Å². The summed E-state index contributed by atoms with van der Waals surface area (Å²) >= 11 is 0. The third kappa shape index (κ3) is 2.04. The molecule has 2 amide bonds. The number of carbonyl (C=O) groups is 1. The zero-order valence-corrected chi connectivity index (χ0v) is 12.4. The molecule has 0 radical (unpaired) electrons. The fourth-order valence-electron chi connectivity index (χ4n) is 3.92. The monoisotopic (exact) mass is 305 g/mol. The number of hydrogen-bond acceptors (Lipinski definition) is 2. The Hall–Kier alpha value is -0.980. The number of hydrogen-bond donors (Lipinski definition) is 2. The second kappa shape index (κ2) is 4.27. The van der Waals surface area contributed by atoms with Gasteiger partial charge in [0.1, 0.15) is 0 Å². The average molecular weight is 305 g/mol. The normalized spacial score (nSPS) is 36.9. The van der Waals surface area contributed by atoms with Crippen LogP contribution in [0.25, 0.3) is 0 Å². The molecule has 0 aromatic heterocycles. The standard InChI is InChI=1S/C14H22F3N3O/c1-3-11(2)8-20(9-11)10(21)19-6-12-4-13(12,7-18-5-12)14(15,16)17/h18H,3-9H2,1-2H3,(H,19,21)/t12-,13-/m1/s1. The molecule has 0 spiro atoms. The topological polar surface area (TPSA) is 44.4 Å². The third-order valence-electron chi connectivity index (χ3n) is 5.83. The highest BCUT2D eigenvalue weighted by molar-refractivity contribution is 5.75. The first-order valence-electron chi connectivity index (χ1n) is 7.47. The highest BCUT2D eigenvalue weighted by atomic mass is 19.4. The van der Waals surface area contributed by atoms with E-state index in [1.165, 1.54) is 0 Å². The molecule has 4 nitrogen and oxygen atoms in total. The number of fused-ring (bicyclic) bond motifs is 1. The zero-order valence-electron chi connectivity index (χ0n) is 12.4. The van der Waals surface area contributed by atoms with Gasteiger partial charge in [-0.2, -0.15) is 13.2 Å². The molecule has 7 heteroatoms. The number of amides is 2. The molecule has 0 unspecified atom stereocenters. The van der Waals surface area contributed by atoms with Crippen molar-refractivity contribution in [2.45, 2.75) is 32.9 Å². The van der Waals surface area contributed by atoms with Gasteiger partial charge in [0.15, 0.2) is 0 Å². The lowest BCUT2D eigenvalue weighted by atomic mass is 9.80. The summed E-state index contributed by atoms with van der Waals surface area (Å²) in [7, 11) is 0. The lowest BCUT2D eigenvalue weighted by Crippen LogP contribution is -2.59. The van der Waals surface area contributed by atoms with Gasteiger partial charge in [-0.15, -0.1) is 0 Å². The van der Waals surface area contributed by atoms with Gasteiger partial charge >= 0.3 is 12.2 Å². The number of halogens is 3. The van der Waals surface area contributed by atoms with Crippen LogP contribution in [0.5, 0.6) is 0 Å². The quantitative estimate of drug-likeness (QED) is 0.837. The summed E-state index contributed by atoms with van der Waals surface area (Å²) in [4.78, 5) is 13.7. The van der Waals surface area contributed by atoms with E-state index in [1.54, 1.807) is 4.90 Å². The summed E-state index contributed by atoms with van der Waals surface area (Å²) in [6.07, 6.45) is -3.07. The van der Waals surface area contributed by atoms with Gasteiger partial charge in [-0.05, 0) is 12.8 Å². The molecule has 1 saturated carbocycles. The first kappa shape index (κ1) is 14.9. The van der Waals surface area contributed by atoms with E-state index >= 15 is 0 Å². The molecule has 2 heterocycles. The maximum atomic E-state index is 13.2. The Labute approximate surface area is 122 Å². The maximum Gasteiger partial charge on any atom is 0.396 e. The van der Waals surface area contributed by atoms with Crippen molar-refractivity contribution in [2.24, 2.45) is 16.2 Å². The van der Waals surface area contributed by atoms with Gasteiger partial charge in [-0.3, -0.25) is 0 Å². The molecule has 3 fully saturated rings. The first-order valence-corrected chi connectivity index (χ1v) is 7.47. The molecule has 2 aliphatic heterocycles. The van der Waals surface area contributed by atoms with Crippen LogP contribution in [0.15, 0.2) is 0 Å². The minimum atomic E-state index is -4.20. The van der Waals surface area contributed by atoms with Crippen LogP contribution in [0.1, 0.15) is 26.7 Å². The van der Waals surface area contributed by atoms with E-state index in [4.69, 9.17) is 0 Å². The van der Waals surface area contributed by atoms with Crippen LogP contribution in [0.2, 0.25) is 0 Å². The molecule has 0 aromatic rings. The van der Waals surface area contributed by atoms with Crippen molar-refractivity contribution < 1.29 is 18.0 Å². The van der Waals surface area contributed by atoms with Gasteiger partial charge in [0.05, 0.1) is 5.41 Å². The van der Waals surface area contributed by atoms with Gasteiger partial charge < -0.3 is 15.5 Å². The summed E-state index contributed by atoms with van der Waals surface area (Å²) in [6.45, 7) is 5.99. The van der Waals surface area contributed by atoms with Crippen molar-refractivity contribution in [3.63, 3.8) is 0 Å². The Kier molecular flexibility index (Phi) is 3.04. The Morgan fingerprint density at radius 3 is 2.52 bits per heavy atom. The molecular formula is C14H22F3N3O. The summed E-state index contributed by atoms with van der Waals surface area (Å²) in [5, 5.41) is 5.54. The lowest BCUT2D eigenvalue weighted by Gasteiger charge is -2.47. The largest absolute Gasteiger partial charge is 0.396 e. The molecule has 3 rings (SSSR count). The molecule has 120 valence electrons. The van der Waals surface area contributed by atoms with Gasteiger partial charge in [0.25, 0.3) is 0 Å². The van der Waals surface area contributed by atoms with E-state index < -0.39 is 17.0 Å². The molecule has 21 heavy (non-hydrogen) atoms. The minimum absolute atomic E-state index is 0.0238. The van der Waals surface area contributed by atoms with Gasteiger partial charge in [0, 0.05) is 43.6 Å². The molecule has 3 aliphatic rings. The van der Waals surface area contributed by atoms with Crippen LogP contribution in [0.3, 0.4) is 0 Å². The van der Waals surface area contributed by atoms with Gasteiger partial charge in [0.2, 0.25) is 0 Å². The van der Waals surface area contributed by atoms with Gasteiger partial charge in [-0.1, -0.05) is 13.8 Å². The number of alkyl halides is 3. The second-order valence-electron chi connectivity index (χ2n) is 7.32. The Morgan fingerprint density at radius 1 is 1.33 bits per heavy atom. The van der Waals surface area contributed by atoms with E-state index in [1.807, 2.05) is 0 Å². The smallest absolute Gasteiger partial charge is 0.337 e. The van der Waals surface area contributed by atoms with Crippen LogP contribution in [-0.2, 0) is 0 Å². The van der Waals surface area contributed by atoms with Crippen molar-refractivity contribution in [3.05, 3.63) is 0 Å². The fraction of sp³-hybridized carbons (Fsp3) is 0.929. The first-order chi connectivity index (χ1) is 9.67. The number of likely N-dealkylation sites (tertiary alicyclic amines) is 1. The molecule has 1 aliphatic carbocycles. The summed E-state index contributed by atoms with van der Waals surface area (Å²) in [6, 6.07) is -0.231. The van der Waals surface area contributed by atoms with Gasteiger partial charge in [-0.25, -0.2) is 4.79 Å². The van der Waals surface area contributed by atoms with E-state index in [0.29, 0.717) is 19.6 Å². The van der Waals surface area contributed by atoms with Crippen LogP contribution in [0, 0.1) is 16.2 Å². The zero-order chi connectivity index (χ0) is 15.5. The molecule has 2 N–H and O–H groups in total. The minimum Gasteiger partial charge on any atom is -0.337 e. The Bertz CT molecular complexity index is 461. The number of urea groups is 1. The number of piperidine rings is 1. The molecule has 0 aromatic carbocycles. The van der Waals surface area contributed by atoms with Crippen molar-refractivity contribution in [2.75, 3.05) is 32.7 Å². The summed E-state index contributed by atoms with van der Waals surface area (Å²) in [5.41, 5.74) is -2.29. The summed E-state index contributed by atoms with van der Waals surface area (Å²) < 4.78 is 39.5. The Balaban J connectivity index is 1.54. The van der Waals surface area contributed by atoms with E-state index in [2.05, 4.69) is 24.5 Å². The molecule has 0 bridgehead atoms. The second-order valence-corrected chi connectivity index (χ2v) is 7.32. The van der Waals surface area contributed by atoms with E-state index in [9.17, 15) is 18.0 Å². The fourth-order valence-corrected chi connectivity index (χ4v) is 3.92. The van der Waals surface area contributed by atoms with Crippen molar-refractivity contribution in [3.8, 4) is 0 Å². The van der Waals surface area contributed by atoms with Crippen molar-refractivity contribution in [1.82, 2.24) is 15.5 Å². The van der Waals surface area contributed by atoms with Crippen LogP contribution < -0.4 is 10.6 Å². The van der Waals surface area contributed by atoms with E-state index in [-0.39, 0.29) is 31.0 Å². The average Bonchev–Trinajstić information content (AvgIpc) is 2.90. The Morgan fingerprint density at radius 2 is 2.00 bits per heavy atom. The highest BCUT2D eigenvalue weighted by Gasteiger charge is 2.81. The predicted octanol–water partition coefficient (Wildman–Crippen LogP) is 1.97. The predicted molar refractivity (Wildman–Crippen MR) is 71.8 cm³/mol. The summed E-state index contributed by atoms with van der Waals surface area (Å²) in [5.74, 6) is 0. The molecule has 2 atom stereocenters. The lowest BCUT2D eigenvalue weighted by molar-refractivity contribution is -0.190. The number of nitrogens with zero attached hydrogens (tertiary/aromatic N) is 1. The third-order valence-corrected chi connectivity index (χ3v) is 5.83.